The maximum Gasteiger partial charge on any atom is 0.319 e. The molecule has 0 aliphatic carbocycles. The van der Waals surface area contributed by atoms with Crippen LogP contribution in [0.4, 0.5) is 16.3 Å². The van der Waals surface area contributed by atoms with Gasteiger partial charge in [-0.2, -0.15) is 0 Å². The maximum atomic E-state index is 11.1. The molecule has 0 aliphatic heterocycles. The van der Waals surface area contributed by atoms with Crippen molar-refractivity contribution in [3.8, 4) is 0 Å². The Labute approximate surface area is 82.0 Å². The van der Waals surface area contributed by atoms with Crippen molar-refractivity contribution >= 4 is 17.5 Å². The highest BCUT2D eigenvalue weighted by Crippen LogP contribution is 2.05. The molecule has 74 valence electrons. The molecule has 0 saturated heterocycles. The molecular formula is C9H12N4O. The number of urea groups is 1. The fraction of sp³-hybridized carbons (Fsp3) is 0.111. The zero-order valence-corrected chi connectivity index (χ0v) is 7.66. The summed E-state index contributed by atoms with van der Waals surface area (Å²) in [7, 11) is 0. The van der Waals surface area contributed by atoms with Crippen molar-refractivity contribution in [1.82, 2.24) is 10.3 Å². The molecule has 1 aromatic rings. The number of nitrogens with two attached hydrogens (primary N) is 1. The van der Waals surface area contributed by atoms with Crippen LogP contribution in [0.5, 0.6) is 0 Å². The lowest BCUT2D eigenvalue weighted by Crippen LogP contribution is -2.28. The Balaban J connectivity index is 2.47. The highest BCUT2D eigenvalue weighted by molar-refractivity contribution is 5.89. The van der Waals surface area contributed by atoms with Crippen LogP contribution < -0.4 is 16.4 Å². The Bertz CT molecular complexity index is 320. The first-order valence-corrected chi connectivity index (χ1v) is 4.09. The number of amides is 2. The molecule has 0 saturated carbocycles. The molecule has 0 aliphatic rings. The Morgan fingerprint density at radius 2 is 2.43 bits per heavy atom. The third kappa shape index (κ3) is 3.14. The van der Waals surface area contributed by atoms with Crippen LogP contribution in [0.3, 0.4) is 0 Å². The van der Waals surface area contributed by atoms with Crippen molar-refractivity contribution in [2.45, 2.75) is 0 Å². The maximum absolute atomic E-state index is 11.1. The quantitative estimate of drug-likeness (QED) is 0.624. The first-order chi connectivity index (χ1) is 6.72. The number of aromatic nitrogens is 1. The van der Waals surface area contributed by atoms with Gasteiger partial charge in [0, 0.05) is 6.54 Å². The average Bonchev–Trinajstić information content (AvgIpc) is 2.18. The van der Waals surface area contributed by atoms with Crippen LogP contribution in [0, 0.1) is 0 Å². The second-order valence-electron chi connectivity index (χ2n) is 2.60. The van der Waals surface area contributed by atoms with Crippen LogP contribution in [0.25, 0.3) is 0 Å². The number of nitrogens with one attached hydrogen (secondary N) is 2. The topological polar surface area (TPSA) is 80.0 Å². The molecule has 14 heavy (non-hydrogen) atoms. The molecule has 1 aromatic heterocycles. The molecule has 2 amide bonds. The molecule has 5 nitrogen and oxygen atoms in total. The molecule has 1 heterocycles. The SMILES string of the molecule is C=CCNC(=O)Nc1ccc(N)nc1. The number of pyridine rings is 1. The number of carbonyl (C=O) groups excluding carboxylic acids is 1. The largest absolute Gasteiger partial charge is 0.384 e. The van der Waals surface area contributed by atoms with E-state index in [9.17, 15) is 4.79 Å². The summed E-state index contributed by atoms with van der Waals surface area (Å²) in [5.74, 6) is 0.419. The second kappa shape index (κ2) is 4.86. The molecule has 0 spiro atoms. The molecule has 0 bridgehead atoms. The van der Waals surface area contributed by atoms with Gasteiger partial charge >= 0.3 is 6.03 Å². The smallest absolute Gasteiger partial charge is 0.319 e. The summed E-state index contributed by atoms with van der Waals surface area (Å²) < 4.78 is 0. The van der Waals surface area contributed by atoms with Crippen molar-refractivity contribution in [3.05, 3.63) is 31.0 Å². The lowest BCUT2D eigenvalue weighted by molar-refractivity contribution is 0.253. The van der Waals surface area contributed by atoms with E-state index in [-0.39, 0.29) is 6.03 Å². The number of nitrogens with zero attached hydrogens (tertiary/aromatic N) is 1. The summed E-state index contributed by atoms with van der Waals surface area (Å²) in [6, 6.07) is 3.00. The molecule has 0 aromatic carbocycles. The number of nitrogen functional groups attached to an aromatic ring is 1. The van der Waals surface area contributed by atoms with E-state index in [1.807, 2.05) is 0 Å². The van der Waals surface area contributed by atoms with Gasteiger partial charge in [0.15, 0.2) is 0 Å². The van der Waals surface area contributed by atoms with Gasteiger partial charge in [-0.3, -0.25) is 0 Å². The first-order valence-electron chi connectivity index (χ1n) is 4.09. The van der Waals surface area contributed by atoms with Crippen molar-refractivity contribution in [2.75, 3.05) is 17.6 Å². The zero-order valence-electron chi connectivity index (χ0n) is 7.66. The Morgan fingerprint density at radius 1 is 1.64 bits per heavy atom. The van der Waals surface area contributed by atoms with E-state index in [0.717, 1.165) is 0 Å². The van der Waals surface area contributed by atoms with E-state index in [1.54, 1.807) is 18.2 Å². The van der Waals surface area contributed by atoms with Crippen LogP contribution >= 0.6 is 0 Å². The number of hydrogen-bond donors (Lipinski definition) is 3. The standard InChI is InChI=1S/C9H12N4O/c1-2-5-11-9(14)13-7-3-4-8(10)12-6-7/h2-4,6H,1,5H2,(H2,10,12)(H2,11,13,14). The number of rotatable bonds is 3. The monoisotopic (exact) mass is 192 g/mol. The number of hydrogen-bond acceptors (Lipinski definition) is 3. The minimum Gasteiger partial charge on any atom is -0.384 e. The summed E-state index contributed by atoms with van der Waals surface area (Å²) in [5, 5.41) is 5.16. The highest BCUT2D eigenvalue weighted by Gasteiger charge is 1.98. The molecule has 0 atom stereocenters. The average molecular weight is 192 g/mol. The van der Waals surface area contributed by atoms with Crippen LogP contribution in [0.1, 0.15) is 0 Å². The van der Waals surface area contributed by atoms with E-state index in [0.29, 0.717) is 18.1 Å². The van der Waals surface area contributed by atoms with E-state index in [4.69, 9.17) is 5.73 Å². The fourth-order valence-corrected chi connectivity index (χ4v) is 0.819. The third-order valence-corrected chi connectivity index (χ3v) is 1.45. The van der Waals surface area contributed by atoms with E-state index < -0.39 is 0 Å². The van der Waals surface area contributed by atoms with Gasteiger partial charge in [0.1, 0.15) is 5.82 Å². The predicted molar refractivity (Wildman–Crippen MR) is 55.9 cm³/mol. The van der Waals surface area contributed by atoms with Crippen molar-refractivity contribution in [2.24, 2.45) is 0 Å². The third-order valence-electron chi connectivity index (χ3n) is 1.45. The van der Waals surface area contributed by atoms with Gasteiger partial charge in [-0.15, -0.1) is 6.58 Å². The van der Waals surface area contributed by atoms with Crippen molar-refractivity contribution < 1.29 is 4.79 Å². The lowest BCUT2D eigenvalue weighted by Gasteiger charge is -2.04. The molecule has 0 unspecified atom stereocenters. The summed E-state index contributed by atoms with van der Waals surface area (Å²) in [6.07, 6.45) is 3.09. The van der Waals surface area contributed by atoms with E-state index in [2.05, 4.69) is 22.2 Å². The van der Waals surface area contributed by atoms with Gasteiger partial charge in [-0.25, -0.2) is 9.78 Å². The van der Waals surface area contributed by atoms with Crippen molar-refractivity contribution in [3.63, 3.8) is 0 Å². The van der Waals surface area contributed by atoms with Gasteiger partial charge in [0.2, 0.25) is 0 Å². The minimum atomic E-state index is -0.295. The molecule has 0 radical (unpaired) electrons. The summed E-state index contributed by atoms with van der Waals surface area (Å²) in [5.41, 5.74) is 5.98. The summed E-state index contributed by atoms with van der Waals surface area (Å²) in [6.45, 7) is 3.90. The van der Waals surface area contributed by atoms with Crippen molar-refractivity contribution in [1.29, 1.82) is 0 Å². The van der Waals surface area contributed by atoms with Gasteiger partial charge in [-0.1, -0.05) is 6.08 Å². The summed E-state index contributed by atoms with van der Waals surface area (Å²) >= 11 is 0. The second-order valence-corrected chi connectivity index (χ2v) is 2.60. The normalized spacial score (nSPS) is 9.14. The van der Waals surface area contributed by atoms with Crippen LogP contribution in [0.15, 0.2) is 31.0 Å². The Hall–Kier alpha value is -2.04. The molecular weight excluding hydrogens is 180 g/mol. The molecule has 4 N–H and O–H groups in total. The van der Waals surface area contributed by atoms with Gasteiger partial charge in [-0.05, 0) is 12.1 Å². The van der Waals surface area contributed by atoms with Crippen LogP contribution in [-0.4, -0.2) is 17.6 Å². The van der Waals surface area contributed by atoms with Gasteiger partial charge in [0.25, 0.3) is 0 Å². The van der Waals surface area contributed by atoms with E-state index in [1.165, 1.54) is 6.20 Å². The minimum absolute atomic E-state index is 0.295. The fourth-order valence-electron chi connectivity index (χ4n) is 0.819. The number of carbonyl (C=O) groups is 1. The molecule has 5 heteroatoms. The lowest BCUT2D eigenvalue weighted by atomic mass is 10.4. The number of anilines is 2. The zero-order chi connectivity index (χ0) is 10.4. The Morgan fingerprint density at radius 3 is 3.00 bits per heavy atom. The molecule has 1 rings (SSSR count). The Kier molecular flexibility index (Phi) is 3.49. The van der Waals surface area contributed by atoms with E-state index >= 15 is 0 Å². The summed E-state index contributed by atoms with van der Waals surface area (Å²) in [4.78, 5) is 15.0. The predicted octanol–water partition coefficient (Wildman–Crippen LogP) is 0.971. The first kappa shape index (κ1) is 10.0. The highest BCUT2D eigenvalue weighted by atomic mass is 16.2. The molecule has 0 fully saturated rings. The van der Waals surface area contributed by atoms with Crippen LogP contribution in [-0.2, 0) is 0 Å². The van der Waals surface area contributed by atoms with Gasteiger partial charge in [0.05, 0.1) is 11.9 Å². The van der Waals surface area contributed by atoms with Gasteiger partial charge < -0.3 is 16.4 Å². The van der Waals surface area contributed by atoms with Crippen LogP contribution in [0.2, 0.25) is 0 Å².